The van der Waals surface area contributed by atoms with Crippen LogP contribution in [0.3, 0.4) is 0 Å². The summed E-state index contributed by atoms with van der Waals surface area (Å²) in [5, 5.41) is 2.73. The molecular weight excluding hydrogens is 592 g/mol. The molecule has 48 heavy (non-hydrogen) atoms. The third-order valence-electron chi connectivity index (χ3n) is 8.03. The number of aldehydes is 1. The van der Waals surface area contributed by atoms with Crippen LogP contribution in [0.5, 0.6) is 0 Å². The van der Waals surface area contributed by atoms with Crippen LogP contribution < -0.4 is 5.32 Å². The number of nitrogens with one attached hydrogen (secondary N) is 2. The monoisotopic (exact) mass is 667 g/mol. The molecule has 1 aromatic carbocycles. The number of piperidine rings is 1. The van der Waals surface area contributed by atoms with Gasteiger partial charge in [0.2, 0.25) is 5.91 Å². The van der Waals surface area contributed by atoms with Crippen LogP contribution in [0.2, 0.25) is 0 Å². The van der Waals surface area contributed by atoms with Crippen LogP contribution in [-0.2, 0) is 16.0 Å². The molecule has 1 aromatic heterocycles. The third-order valence-corrected chi connectivity index (χ3v) is 8.03. The molecule has 0 bridgehead atoms. The Labute approximate surface area is 296 Å². The molecule has 1 fully saturated rings. The van der Waals surface area contributed by atoms with Crippen LogP contribution in [0.25, 0.3) is 0 Å². The summed E-state index contributed by atoms with van der Waals surface area (Å²) in [4.78, 5) is 32.9. The second-order valence-corrected chi connectivity index (χ2v) is 12.4. The van der Waals surface area contributed by atoms with E-state index in [1.54, 1.807) is 6.08 Å². The fraction of sp³-hybridized carbons (Fsp3) is 0.643. The first kappa shape index (κ1) is 47.1. The quantitative estimate of drug-likeness (QED) is 0.130. The van der Waals surface area contributed by atoms with E-state index >= 15 is 0 Å². The van der Waals surface area contributed by atoms with Crippen molar-refractivity contribution in [3.05, 3.63) is 78.9 Å². The Kier molecular flexibility index (Phi) is 32.0. The van der Waals surface area contributed by atoms with Crippen LogP contribution in [0.1, 0.15) is 156 Å². The zero-order chi connectivity index (χ0) is 36.6. The fourth-order valence-electron chi connectivity index (χ4n) is 5.50. The smallest absolute Gasteiger partial charge is 0.220 e. The Bertz CT molecular complexity index is 1030. The molecule has 0 saturated carbocycles. The molecule has 0 spiro atoms. The van der Waals surface area contributed by atoms with Gasteiger partial charge < -0.3 is 20.0 Å². The van der Waals surface area contributed by atoms with Gasteiger partial charge in [0, 0.05) is 36.7 Å². The molecule has 1 aliphatic rings. The number of aromatic nitrogens is 2. The Balaban J connectivity index is 0. The number of amides is 1. The number of allylic oxidation sites excluding steroid dienone is 1. The topological polar surface area (TPSA) is 78.1 Å². The molecule has 2 heterocycles. The number of aromatic amines is 1. The van der Waals surface area contributed by atoms with Gasteiger partial charge in [0.15, 0.2) is 0 Å². The van der Waals surface area contributed by atoms with E-state index in [0.717, 1.165) is 50.3 Å². The highest BCUT2D eigenvalue weighted by molar-refractivity contribution is 5.79. The largest absolute Gasteiger partial charge is 0.346 e. The molecule has 2 aromatic rings. The normalized spacial score (nSPS) is 14.0. The Morgan fingerprint density at radius 1 is 0.938 bits per heavy atom. The summed E-state index contributed by atoms with van der Waals surface area (Å²) < 4.78 is 0. The lowest BCUT2D eigenvalue weighted by Gasteiger charge is -2.32. The maximum absolute atomic E-state index is 11.8. The van der Waals surface area contributed by atoms with Crippen LogP contribution in [-0.4, -0.2) is 52.2 Å². The van der Waals surface area contributed by atoms with Gasteiger partial charge >= 0.3 is 0 Å². The zero-order valence-electron chi connectivity index (χ0n) is 32.5. The van der Waals surface area contributed by atoms with Gasteiger partial charge in [-0.3, -0.25) is 4.79 Å². The maximum atomic E-state index is 11.8. The highest BCUT2D eigenvalue weighted by Crippen LogP contribution is 2.18. The lowest BCUT2D eigenvalue weighted by atomic mass is 9.94. The minimum absolute atomic E-state index is 0.0449. The van der Waals surface area contributed by atoms with E-state index in [9.17, 15) is 9.59 Å². The third kappa shape index (κ3) is 23.4. The molecule has 3 atom stereocenters. The summed E-state index contributed by atoms with van der Waals surface area (Å²) in [5.41, 5.74) is 2.50. The number of likely N-dealkylation sites (tertiary alicyclic amines) is 1. The predicted molar refractivity (Wildman–Crippen MR) is 210 cm³/mol. The van der Waals surface area contributed by atoms with Gasteiger partial charge in [-0.2, -0.15) is 0 Å². The van der Waals surface area contributed by atoms with Crippen molar-refractivity contribution in [3.63, 3.8) is 0 Å². The first-order chi connectivity index (χ1) is 23.3. The molecular formula is C42H74N4O2. The van der Waals surface area contributed by atoms with Crippen LogP contribution >= 0.6 is 0 Å². The number of nitrogens with zero attached hydrogens (tertiary/aromatic N) is 2. The van der Waals surface area contributed by atoms with Gasteiger partial charge in [0.05, 0.1) is 6.04 Å². The number of carbonyl (C=O) groups excluding carboxylic acids is 2. The number of benzene rings is 1. The van der Waals surface area contributed by atoms with E-state index < -0.39 is 6.04 Å². The lowest BCUT2D eigenvalue weighted by molar-refractivity contribution is -0.124. The van der Waals surface area contributed by atoms with E-state index in [1.807, 2.05) is 46.0 Å². The fourth-order valence-corrected chi connectivity index (χ4v) is 5.50. The van der Waals surface area contributed by atoms with Crippen molar-refractivity contribution in [1.82, 2.24) is 20.2 Å². The molecule has 6 heteroatoms. The molecule has 3 unspecified atom stereocenters. The maximum Gasteiger partial charge on any atom is 0.220 e. The van der Waals surface area contributed by atoms with Crippen molar-refractivity contribution in [1.29, 1.82) is 0 Å². The van der Waals surface area contributed by atoms with Crippen molar-refractivity contribution in [2.75, 3.05) is 13.1 Å². The van der Waals surface area contributed by atoms with Crippen LogP contribution in [0.15, 0.2) is 61.8 Å². The van der Waals surface area contributed by atoms with Gasteiger partial charge in [0.1, 0.15) is 12.1 Å². The Hall–Kier alpha value is -2.99. The summed E-state index contributed by atoms with van der Waals surface area (Å²) >= 11 is 0. The second-order valence-electron chi connectivity index (χ2n) is 12.4. The average molecular weight is 667 g/mol. The number of H-pyrrole nitrogens is 1. The summed E-state index contributed by atoms with van der Waals surface area (Å²) in [7, 11) is 0. The van der Waals surface area contributed by atoms with Gasteiger partial charge in [-0.1, -0.05) is 124 Å². The zero-order valence-corrected chi connectivity index (χ0v) is 32.5. The van der Waals surface area contributed by atoms with Crippen molar-refractivity contribution < 1.29 is 9.59 Å². The van der Waals surface area contributed by atoms with Gasteiger partial charge in [-0.25, -0.2) is 4.98 Å². The first-order valence-corrected chi connectivity index (χ1v) is 19.1. The minimum atomic E-state index is -0.434. The number of rotatable bonds is 17. The summed E-state index contributed by atoms with van der Waals surface area (Å²) in [6, 6.07) is 10.8. The SMILES string of the molecule is C=CCCC(CCC)CC(=O)NC(C=O)CC=C.CC.CC.CC(C)c1ncc(Cc2ccccc2)[nH]1.CCCC(C)N1CCCCC1. The summed E-state index contributed by atoms with van der Waals surface area (Å²) in [5.74, 6) is 1.87. The summed E-state index contributed by atoms with van der Waals surface area (Å²) in [6.45, 7) is 29.0. The lowest BCUT2D eigenvalue weighted by Crippen LogP contribution is -2.37. The standard InChI is InChI=1S/C15H25NO2.C13H16N2.C10H21N.2C2H6/c1-4-7-10-13(8-5-2)11-15(18)16-14(12-17)9-6-3;1-10(2)13-14-9-12(15-13)8-11-6-4-3-5-7-11;1-3-7-10(2)11-8-5-4-6-9-11;2*1-2/h4,6,12-14H,1,3,5,7-11H2,2H3,(H,16,18);3-7,9-10H,8H2,1-2H3,(H,14,15);10H,3-9H2,1-2H3;2*1-2H3. The van der Waals surface area contributed by atoms with E-state index in [-0.39, 0.29) is 5.91 Å². The van der Waals surface area contributed by atoms with Gasteiger partial charge in [-0.05, 0) is 70.0 Å². The van der Waals surface area contributed by atoms with E-state index in [1.165, 1.54) is 56.5 Å². The Morgan fingerprint density at radius 3 is 2.06 bits per heavy atom. The van der Waals surface area contributed by atoms with E-state index in [4.69, 9.17) is 0 Å². The Morgan fingerprint density at radius 2 is 1.56 bits per heavy atom. The first-order valence-electron chi connectivity index (χ1n) is 19.1. The number of carbonyl (C=O) groups is 2. The molecule has 6 nitrogen and oxygen atoms in total. The van der Waals surface area contributed by atoms with Crippen molar-refractivity contribution >= 4 is 12.2 Å². The minimum Gasteiger partial charge on any atom is -0.346 e. The molecule has 274 valence electrons. The average Bonchev–Trinajstić information content (AvgIpc) is 3.59. The van der Waals surface area contributed by atoms with Gasteiger partial charge in [0.25, 0.3) is 0 Å². The summed E-state index contributed by atoms with van der Waals surface area (Å²) in [6.07, 6.45) is 19.2. The van der Waals surface area contributed by atoms with E-state index in [0.29, 0.717) is 24.7 Å². The van der Waals surface area contributed by atoms with Crippen molar-refractivity contribution in [2.45, 2.75) is 157 Å². The van der Waals surface area contributed by atoms with Crippen LogP contribution in [0.4, 0.5) is 0 Å². The molecule has 2 N–H and O–H groups in total. The molecule has 1 aliphatic heterocycles. The number of hydrogen-bond acceptors (Lipinski definition) is 4. The molecule has 1 saturated heterocycles. The highest BCUT2D eigenvalue weighted by Gasteiger charge is 2.16. The van der Waals surface area contributed by atoms with Crippen molar-refractivity contribution in [2.24, 2.45) is 5.92 Å². The van der Waals surface area contributed by atoms with Gasteiger partial charge in [-0.15, -0.1) is 13.2 Å². The van der Waals surface area contributed by atoms with Crippen LogP contribution in [0, 0.1) is 5.92 Å². The molecule has 1 amide bonds. The second kappa shape index (κ2) is 32.6. The molecule has 3 rings (SSSR count). The number of hydrogen-bond donors (Lipinski definition) is 2. The predicted octanol–water partition coefficient (Wildman–Crippen LogP) is 10.9. The highest BCUT2D eigenvalue weighted by atomic mass is 16.2. The molecule has 0 radical (unpaired) electrons. The number of imidazole rings is 1. The van der Waals surface area contributed by atoms with E-state index in [2.05, 4.69) is 92.2 Å². The van der Waals surface area contributed by atoms with Crippen molar-refractivity contribution in [3.8, 4) is 0 Å². The molecule has 0 aliphatic carbocycles.